The molecule has 21 heavy (non-hydrogen) atoms. The molecular formula is C16H15N3O2. The number of nitrogens with zero attached hydrogens (tertiary/aromatic N) is 3. The number of aromatic nitrogens is 2. The van der Waals surface area contributed by atoms with Gasteiger partial charge >= 0.3 is 0 Å². The first-order valence-electron chi connectivity index (χ1n) is 6.92. The molecule has 0 amide bonds. The van der Waals surface area contributed by atoms with Gasteiger partial charge in [-0.25, -0.2) is 4.98 Å². The van der Waals surface area contributed by atoms with Gasteiger partial charge < -0.3 is 4.40 Å². The van der Waals surface area contributed by atoms with E-state index in [-0.39, 0.29) is 10.6 Å². The molecule has 3 aromatic rings. The second-order valence-corrected chi connectivity index (χ2v) is 4.86. The summed E-state index contributed by atoms with van der Waals surface area (Å²) in [4.78, 5) is 15.5. The summed E-state index contributed by atoms with van der Waals surface area (Å²) in [7, 11) is 0. The van der Waals surface area contributed by atoms with Gasteiger partial charge in [0.15, 0.2) is 0 Å². The topological polar surface area (TPSA) is 60.4 Å². The van der Waals surface area contributed by atoms with Crippen molar-refractivity contribution >= 4 is 11.3 Å². The highest BCUT2D eigenvalue weighted by molar-refractivity contribution is 5.74. The molecule has 0 aliphatic heterocycles. The van der Waals surface area contributed by atoms with Gasteiger partial charge in [0, 0.05) is 12.3 Å². The van der Waals surface area contributed by atoms with Crippen LogP contribution in [0.4, 0.5) is 5.69 Å². The van der Waals surface area contributed by atoms with Crippen molar-refractivity contribution in [2.75, 3.05) is 0 Å². The third-order valence-corrected chi connectivity index (χ3v) is 3.47. The van der Waals surface area contributed by atoms with Crippen LogP contribution in [0.5, 0.6) is 0 Å². The molecule has 1 aromatic carbocycles. The van der Waals surface area contributed by atoms with Crippen LogP contribution in [-0.4, -0.2) is 14.3 Å². The molecule has 0 atom stereocenters. The molecule has 0 aliphatic rings. The molecule has 106 valence electrons. The quantitative estimate of drug-likeness (QED) is 0.539. The number of benzene rings is 1. The molecule has 0 saturated carbocycles. The lowest BCUT2D eigenvalue weighted by Crippen LogP contribution is -1.96. The number of aryl methyl sites for hydroxylation is 1. The number of fused-ring (bicyclic) bond motifs is 1. The molecular weight excluding hydrogens is 266 g/mol. The summed E-state index contributed by atoms with van der Waals surface area (Å²) in [5, 5.41) is 11.3. The van der Waals surface area contributed by atoms with Crippen molar-refractivity contribution in [2.45, 2.75) is 19.8 Å². The second-order valence-electron chi connectivity index (χ2n) is 4.86. The molecule has 0 fully saturated rings. The Hall–Kier alpha value is -2.69. The third-order valence-electron chi connectivity index (χ3n) is 3.47. The van der Waals surface area contributed by atoms with Crippen LogP contribution in [0.25, 0.3) is 16.9 Å². The van der Waals surface area contributed by atoms with Crippen LogP contribution in [0, 0.1) is 10.1 Å². The van der Waals surface area contributed by atoms with Gasteiger partial charge in [-0.2, -0.15) is 0 Å². The summed E-state index contributed by atoms with van der Waals surface area (Å²) >= 11 is 0. The van der Waals surface area contributed by atoms with Crippen LogP contribution in [0.1, 0.15) is 19.0 Å². The van der Waals surface area contributed by atoms with Gasteiger partial charge in [0.2, 0.25) is 0 Å². The fourth-order valence-corrected chi connectivity index (χ4v) is 2.57. The minimum absolute atomic E-state index is 0.0956. The smallest absolute Gasteiger partial charge is 0.278 e. The first-order chi connectivity index (χ1) is 10.2. The molecule has 0 saturated heterocycles. The molecule has 0 unspecified atom stereocenters. The van der Waals surface area contributed by atoms with Gasteiger partial charge in [-0.05, 0) is 24.6 Å². The lowest BCUT2D eigenvalue weighted by Gasteiger charge is -2.04. The minimum Gasteiger partial charge on any atom is -0.303 e. The number of hydrogen-bond donors (Lipinski definition) is 0. The van der Waals surface area contributed by atoms with Crippen molar-refractivity contribution in [2.24, 2.45) is 0 Å². The van der Waals surface area contributed by atoms with Crippen molar-refractivity contribution in [3.05, 3.63) is 64.5 Å². The van der Waals surface area contributed by atoms with Gasteiger partial charge in [-0.15, -0.1) is 0 Å². The number of rotatable bonds is 4. The average molecular weight is 281 g/mol. The van der Waals surface area contributed by atoms with Crippen LogP contribution in [0.3, 0.4) is 0 Å². The molecule has 3 rings (SSSR count). The van der Waals surface area contributed by atoms with E-state index in [0.717, 1.165) is 24.2 Å². The van der Waals surface area contributed by atoms with Crippen molar-refractivity contribution < 1.29 is 4.92 Å². The number of pyridine rings is 1. The van der Waals surface area contributed by atoms with Gasteiger partial charge in [-0.1, -0.05) is 31.5 Å². The highest BCUT2D eigenvalue weighted by Gasteiger charge is 2.20. The van der Waals surface area contributed by atoms with Gasteiger partial charge in [0.05, 0.1) is 21.9 Å². The summed E-state index contributed by atoms with van der Waals surface area (Å²) in [6.45, 7) is 2.09. The minimum atomic E-state index is -0.352. The molecule has 0 spiro atoms. The lowest BCUT2D eigenvalue weighted by molar-refractivity contribution is -0.384. The average Bonchev–Trinajstić information content (AvgIpc) is 2.86. The summed E-state index contributed by atoms with van der Waals surface area (Å²) in [5.74, 6) is 0. The molecule has 2 heterocycles. The van der Waals surface area contributed by atoms with Crippen molar-refractivity contribution in [3.63, 3.8) is 0 Å². The number of nitro benzene ring substituents is 1. The predicted octanol–water partition coefficient (Wildman–Crippen LogP) is 3.86. The Morgan fingerprint density at radius 1 is 1.19 bits per heavy atom. The normalized spacial score (nSPS) is 10.9. The van der Waals surface area contributed by atoms with E-state index in [0.29, 0.717) is 11.3 Å². The third kappa shape index (κ3) is 2.27. The Labute approximate surface area is 122 Å². The monoisotopic (exact) mass is 281 g/mol. The molecule has 0 radical (unpaired) electrons. The van der Waals surface area contributed by atoms with E-state index in [1.165, 1.54) is 6.07 Å². The first-order valence-corrected chi connectivity index (χ1v) is 6.92. The zero-order valence-electron chi connectivity index (χ0n) is 11.7. The number of para-hydroxylation sites is 1. The van der Waals surface area contributed by atoms with E-state index in [1.54, 1.807) is 12.1 Å². The van der Waals surface area contributed by atoms with Crippen molar-refractivity contribution in [1.82, 2.24) is 9.38 Å². The molecule has 2 aromatic heterocycles. The number of nitro groups is 1. The highest BCUT2D eigenvalue weighted by Crippen LogP contribution is 2.32. The van der Waals surface area contributed by atoms with E-state index < -0.39 is 0 Å². The molecule has 0 aliphatic carbocycles. The Morgan fingerprint density at radius 2 is 1.95 bits per heavy atom. The Kier molecular flexibility index (Phi) is 3.39. The standard InChI is InChI=1S/C16H15N3O2/c1-2-7-14-16(17-15-10-5-6-11-18(14)15)12-8-3-4-9-13(12)19(20)21/h3-6,8-11H,2,7H2,1H3. The zero-order chi connectivity index (χ0) is 14.8. The van der Waals surface area contributed by atoms with Crippen molar-refractivity contribution in [1.29, 1.82) is 0 Å². The number of hydrogen-bond acceptors (Lipinski definition) is 3. The Balaban J connectivity index is 2.30. The SMILES string of the molecule is CCCc1c(-c2ccccc2[N+](=O)[O-])nc2ccccn12. The van der Waals surface area contributed by atoms with E-state index in [4.69, 9.17) is 0 Å². The Bertz CT molecular complexity index is 808. The zero-order valence-corrected chi connectivity index (χ0v) is 11.7. The molecule has 5 nitrogen and oxygen atoms in total. The number of imidazole rings is 1. The van der Waals surface area contributed by atoms with Crippen LogP contribution >= 0.6 is 0 Å². The largest absolute Gasteiger partial charge is 0.303 e. The van der Waals surface area contributed by atoms with Gasteiger partial charge in [-0.3, -0.25) is 10.1 Å². The highest BCUT2D eigenvalue weighted by atomic mass is 16.6. The maximum atomic E-state index is 11.3. The lowest BCUT2D eigenvalue weighted by atomic mass is 10.1. The van der Waals surface area contributed by atoms with Crippen LogP contribution in [0.15, 0.2) is 48.7 Å². The van der Waals surface area contributed by atoms with E-state index >= 15 is 0 Å². The Morgan fingerprint density at radius 3 is 2.71 bits per heavy atom. The molecule has 0 N–H and O–H groups in total. The first kappa shape index (κ1) is 13.3. The van der Waals surface area contributed by atoms with Crippen LogP contribution in [0.2, 0.25) is 0 Å². The van der Waals surface area contributed by atoms with Gasteiger partial charge in [0.1, 0.15) is 5.65 Å². The predicted molar refractivity (Wildman–Crippen MR) is 81.3 cm³/mol. The van der Waals surface area contributed by atoms with E-state index in [9.17, 15) is 10.1 Å². The van der Waals surface area contributed by atoms with Crippen LogP contribution in [-0.2, 0) is 6.42 Å². The summed E-state index contributed by atoms with van der Waals surface area (Å²) in [5.41, 5.74) is 3.21. The molecule has 0 bridgehead atoms. The van der Waals surface area contributed by atoms with Crippen molar-refractivity contribution in [3.8, 4) is 11.3 Å². The summed E-state index contributed by atoms with van der Waals surface area (Å²) in [6.07, 6.45) is 3.73. The van der Waals surface area contributed by atoms with E-state index in [1.807, 2.05) is 34.9 Å². The maximum Gasteiger partial charge on any atom is 0.278 e. The van der Waals surface area contributed by atoms with Crippen LogP contribution < -0.4 is 0 Å². The second kappa shape index (κ2) is 5.36. The fourth-order valence-electron chi connectivity index (χ4n) is 2.57. The molecule has 5 heteroatoms. The van der Waals surface area contributed by atoms with Gasteiger partial charge in [0.25, 0.3) is 5.69 Å². The van der Waals surface area contributed by atoms with E-state index in [2.05, 4.69) is 11.9 Å². The fraction of sp³-hybridized carbons (Fsp3) is 0.188. The maximum absolute atomic E-state index is 11.3. The summed E-state index contributed by atoms with van der Waals surface area (Å²) < 4.78 is 2.01. The summed E-state index contributed by atoms with van der Waals surface area (Å²) in [6, 6.07) is 12.5.